The van der Waals surface area contributed by atoms with Gasteiger partial charge in [-0.1, -0.05) is 32.0 Å². The van der Waals surface area contributed by atoms with Gasteiger partial charge in [-0.15, -0.1) is 0 Å². The van der Waals surface area contributed by atoms with Crippen molar-refractivity contribution in [1.82, 2.24) is 15.1 Å². The highest BCUT2D eigenvalue weighted by molar-refractivity contribution is 6.06. The maximum atomic E-state index is 13.0. The smallest absolute Gasteiger partial charge is 0.328 e. The predicted octanol–water partition coefficient (Wildman–Crippen LogP) is 3.10. The quantitative estimate of drug-likeness (QED) is 0.732. The maximum Gasteiger partial charge on any atom is 0.328 e. The Kier molecular flexibility index (Phi) is 6.71. The summed E-state index contributed by atoms with van der Waals surface area (Å²) in [4.78, 5) is 24.6. The molecule has 1 aromatic heterocycles. The number of benzene rings is 1. The number of amides is 1. The molecule has 0 aliphatic rings. The molecule has 0 unspecified atom stereocenters. The van der Waals surface area contributed by atoms with Gasteiger partial charge in [0.25, 0.3) is 5.91 Å². The summed E-state index contributed by atoms with van der Waals surface area (Å²) in [6.45, 7) is 5.71. The van der Waals surface area contributed by atoms with Crippen LogP contribution in [0.5, 0.6) is 0 Å². The van der Waals surface area contributed by atoms with Crippen molar-refractivity contribution in [1.29, 1.82) is 0 Å². The lowest BCUT2D eigenvalue weighted by Crippen LogP contribution is -2.45. The molecule has 0 radical (unpaired) electrons. The van der Waals surface area contributed by atoms with Gasteiger partial charge in [0, 0.05) is 11.9 Å². The number of para-hydroxylation sites is 1. The highest BCUT2D eigenvalue weighted by Crippen LogP contribution is 2.20. The molecule has 1 heterocycles. The van der Waals surface area contributed by atoms with Gasteiger partial charge < -0.3 is 10.1 Å². The number of esters is 1. The summed E-state index contributed by atoms with van der Waals surface area (Å²) in [6, 6.07) is 6.64. The zero-order valence-corrected chi connectivity index (χ0v) is 15.7. The van der Waals surface area contributed by atoms with Crippen LogP contribution in [-0.2, 0) is 16.1 Å². The Morgan fingerprint density at radius 2 is 1.96 bits per heavy atom. The van der Waals surface area contributed by atoms with Crippen molar-refractivity contribution in [2.45, 2.75) is 52.4 Å². The van der Waals surface area contributed by atoms with Crippen molar-refractivity contribution >= 4 is 22.8 Å². The predicted molar refractivity (Wildman–Crippen MR) is 97.6 cm³/mol. The number of fused-ring (bicyclic) bond motifs is 1. The van der Waals surface area contributed by atoms with Crippen LogP contribution in [-0.4, -0.2) is 41.0 Å². The van der Waals surface area contributed by atoms with Crippen molar-refractivity contribution in [2.75, 3.05) is 7.11 Å². The van der Waals surface area contributed by atoms with Gasteiger partial charge in [-0.3, -0.25) is 9.48 Å². The first-order chi connectivity index (χ1) is 12.3. The number of rotatable bonds is 8. The molecule has 2 aromatic rings. The number of nitrogens with one attached hydrogen (secondary N) is 1. The molecule has 26 heavy (non-hydrogen) atoms. The van der Waals surface area contributed by atoms with E-state index in [1.807, 2.05) is 38.1 Å². The minimum absolute atomic E-state index is 0.120. The molecule has 0 fully saturated rings. The lowest BCUT2D eigenvalue weighted by atomic mass is 10.0. The summed E-state index contributed by atoms with van der Waals surface area (Å²) in [6.07, 6.45) is 0.195. The molecule has 0 saturated carbocycles. The molecule has 1 N–H and O–H groups in total. The fraction of sp³-hybridized carbons (Fsp3) is 0.526. The Morgan fingerprint density at radius 1 is 1.27 bits per heavy atom. The molecule has 0 aliphatic carbocycles. The van der Waals surface area contributed by atoms with E-state index in [-0.39, 0.29) is 11.6 Å². The molecule has 0 saturated heterocycles. The number of hydrogen-bond acceptors (Lipinski definition) is 4. The lowest BCUT2D eigenvalue weighted by molar-refractivity contribution is -0.144. The van der Waals surface area contributed by atoms with Crippen molar-refractivity contribution in [3.63, 3.8) is 0 Å². The van der Waals surface area contributed by atoms with Crippen LogP contribution in [0.2, 0.25) is 0 Å². The first-order valence-electron chi connectivity index (χ1n) is 8.83. The molecule has 1 aromatic carbocycles. The number of carbonyl (C=O) groups is 2. The standard InChI is InChI=1S/C19H26FN3O3/c1-12(2)16(19(25)26-4)21-18(24)17-14-9-5-6-10-15(14)23(22-17)11-7-8-13(3)20/h5-6,9-10,12-13,16H,7-8,11H2,1-4H3,(H,21,24)/t13-,16+/m1/s1. The number of halogens is 1. The van der Waals surface area contributed by atoms with Crippen LogP contribution >= 0.6 is 0 Å². The molecule has 0 bridgehead atoms. The molecule has 2 atom stereocenters. The molecule has 1 amide bonds. The van der Waals surface area contributed by atoms with Gasteiger partial charge in [-0.05, 0) is 31.7 Å². The largest absolute Gasteiger partial charge is 0.467 e. The van der Waals surface area contributed by atoms with Crippen LogP contribution in [0, 0.1) is 5.92 Å². The Hall–Kier alpha value is -2.44. The maximum absolute atomic E-state index is 13.0. The number of alkyl halides is 1. The average molecular weight is 363 g/mol. The lowest BCUT2D eigenvalue weighted by Gasteiger charge is -2.19. The molecule has 2 rings (SSSR count). The fourth-order valence-corrected chi connectivity index (χ4v) is 2.82. The summed E-state index contributed by atoms with van der Waals surface area (Å²) >= 11 is 0. The third kappa shape index (κ3) is 4.59. The summed E-state index contributed by atoms with van der Waals surface area (Å²) in [5, 5.41) is 7.83. The first kappa shape index (κ1) is 19.9. The number of methoxy groups -OCH3 is 1. The summed E-state index contributed by atoms with van der Waals surface area (Å²) in [5.41, 5.74) is 1.06. The molecule has 142 valence electrons. The zero-order chi connectivity index (χ0) is 19.3. The van der Waals surface area contributed by atoms with Crippen molar-refractivity contribution in [3.8, 4) is 0 Å². The van der Waals surface area contributed by atoms with E-state index in [1.165, 1.54) is 14.0 Å². The van der Waals surface area contributed by atoms with Crippen molar-refractivity contribution in [2.24, 2.45) is 5.92 Å². The Labute approximate surface area is 152 Å². The third-order valence-electron chi connectivity index (χ3n) is 4.25. The normalized spacial score (nSPS) is 13.6. The second kappa shape index (κ2) is 8.78. The number of nitrogens with zero attached hydrogens (tertiary/aromatic N) is 2. The van der Waals surface area contributed by atoms with E-state index < -0.39 is 24.1 Å². The Bertz CT molecular complexity index is 770. The first-order valence-corrected chi connectivity index (χ1v) is 8.83. The van der Waals surface area contributed by atoms with Crippen molar-refractivity contribution < 1.29 is 18.7 Å². The van der Waals surface area contributed by atoms with Gasteiger partial charge in [0.05, 0.1) is 18.8 Å². The fourth-order valence-electron chi connectivity index (χ4n) is 2.82. The third-order valence-corrected chi connectivity index (χ3v) is 4.25. The molecular formula is C19H26FN3O3. The second-order valence-electron chi connectivity index (χ2n) is 6.73. The van der Waals surface area contributed by atoms with Crippen LogP contribution < -0.4 is 5.32 Å². The number of aryl methyl sites for hydroxylation is 1. The number of aromatic nitrogens is 2. The second-order valence-corrected chi connectivity index (χ2v) is 6.73. The van der Waals surface area contributed by atoms with Crippen molar-refractivity contribution in [3.05, 3.63) is 30.0 Å². The average Bonchev–Trinajstić information content (AvgIpc) is 2.97. The van der Waals surface area contributed by atoms with Gasteiger partial charge in [0.15, 0.2) is 5.69 Å². The van der Waals surface area contributed by atoms with Gasteiger partial charge in [0.2, 0.25) is 0 Å². The highest BCUT2D eigenvalue weighted by Gasteiger charge is 2.27. The van der Waals surface area contributed by atoms with Crippen LogP contribution in [0.1, 0.15) is 44.1 Å². The molecule has 0 spiro atoms. The molecule has 7 heteroatoms. The minimum Gasteiger partial charge on any atom is -0.467 e. The number of carbonyl (C=O) groups excluding carboxylic acids is 2. The SMILES string of the molecule is COC(=O)[C@@H](NC(=O)c1nn(CCC[C@@H](C)F)c2ccccc12)C(C)C. The minimum atomic E-state index is -0.869. The Morgan fingerprint density at radius 3 is 2.58 bits per heavy atom. The molecular weight excluding hydrogens is 337 g/mol. The van der Waals surface area contributed by atoms with Crippen LogP contribution in [0.25, 0.3) is 10.9 Å². The molecule has 6 nitrogen and oxygen atoms in total. The summed E-state index contributed by atoms with van der Waals surface area (Å²) in [5.74, 6) is -1.04. The topological polar surface area (TPSA) is 73.2 Å². The van der Waals surface area contributed by atoms with Crippen LogP contribution in [0.15, 0.2) is 24.3 Å². The van der Waals surface area contributed by atoms with E-state index in [9.17, 15) is 14.0 Å². The van der Waals surface area contributed by atoms with E-state index in [2.05, 4.69) is 10.4 Å². The van der Waals surface area contributed by atoms with Crippen LogP contribution in [0.3, 0.4) is 0 Å². The summed E-state index contributed by atoms with van der Waals surface area (Å²) in [7, 11) is 1.29. The van der Waals surface area contributed by atoms with Gasteiger partial charge in [-0.2, -0.15) is 5.10 Å². The molecule has 0 aliphatic heterocycles. The highest BCUT2D eigenvalue weighted by atomic mass is 19.1. The van der Waals surface area contributed by atoms with Gasteiger partial charge in [0.1, 0.15) is 6.04 Å². The number of ether oxygens (including phenoxy) is 1. The van der Waals surface area contributed by atoms with E-state index in [0.717, 1.165) is 5.52 Å². The zero-order valence-electron chi connectivity index (χ0n) is 15.7. The van der Waals surface area contributed by atoms with Gasteiger partial charge >= 0.3 is 5.97 Å². The van der Waals surface area contributed by atoms with Crippen LogP contribution in [0.4, 0.5) is 4.39 Å². The van der Waals surface area contributed by atoms with E-state index in [1.54, 1.807) is 4.68 Å². The van der Waals surface area contributed by atoms with E-state index >= 15 is 0 Å². The Balaban J connectivity index is 2.28. The van der Waals surface area contributed by atoms with E-state index in [0.29, 0.717) is 24.8 Å². The summed E-state index contributed by atoms with van der Waals surface area (Å²) < 4.78 is 19.5. The van der Waals surface area contributed by atoms with Gasteiger partial charge in [-0.25, -0.2) is 9.18 Å². The monoisotopic (exact) mass is 363 g/mol. The number of hydrogen-bond donors (Lipinski definition) is 1. The van der Waals surface area contributed by atoms with E-state index in [4.69, 9.17) is 4.74 Å².